The van der Waals surface area contributed by atoms with Gasteiger partial charge in [0.05, 0.1) is 5.69 Å². The Bertz CT molecular complexity index is 852. The summed E-state index contributed by atoms with van der Waals surface area (Å²) in [5.74, 6) is 0.700. The van der Waals surface area contributed by atoms with E-state index < -0.39 is 0 Å². The van der Waals surface area contributed by atoms with Crippen LogP contribution in [-0.4, -0.2) is 20.1 Å². The molecule has 0 aliphatic carbocycles. The third kappa shape index (κ3) is 2.30. The normalized spacial score (nSPS) is 10.9. The summed E-state index contributed by atoms with van der Waals surface area (Å²) in [6.45, 7) is 6.02. The second-order valence-electron chi connectivity index (χ2n) is 5.50. The summed E-state index contributed by atoms with van der Waals surface area (Å²) in [7, 11) is 0. The number of anilines is 1. The van der Waals surface area contributed by atoms with Crippen molar-refractivity contribution < 1.29 is 5.11 Å². The fourth-order valence-corrected chi connectivity index (χ4v) is 2.44. The fourth-order valence-electron chi connectivity index (χ4n) is 2.44. The minimum Gasteiger partial charge on any atom is -0.508 e. The molecule has 0 radical (unpaired) electrons. The molecule has 3 aromatic rings. The van der Waals surface area contributed by atoms with Crippen LogP contribution in [0.15, 0.2) is 36.4 Å². The highest BCUT2D eigenvalue weighted by atomic mass is 16.3. The van der Waals surface area contributed by atoms with Crippen LogP contribution in [0.3, 0.4) is 0 Å². The minimum absolute atomic E-state index is 0.217. The van der Waals surface area contributed by atoms with Gasteiger partial charge in [0.1, 0.15) is 11.4 Å². The van der Waals surface area contributed by atoms with E-state index in [4.69, 9.17) is 5.73 Å². The summed E-state index contributed by atoms with van der Waals surface area (Å²) >= 11 is 0. The number of hydrogen-bond donors (Lipinski definition) is 2. The Morgan fingerprint density at radius 2 is 1.73 bits per heavy atom. The molecule has 5 heteroatoms. The van der Waals surface area contributed by atoms with E-state index in [0.717, 1.165) is 16.8 Å². The second-order valence-corrected chi connectivity index (χ2v) is 5.50. The smallest absolute Gasteiger partial charge is 0.155 e. The highest BCUT2D eigenvalue weighted by Gasteiger charge is 2.15. The van der Waals surface area contributed by atoms with Crippen LogP contribution in [0.1, 0.15) is 16.7 Å². The van der Waals surface area contributed by atoms with Gasteiger partial charge < -0.3 is 10.8 Å². The molecule has 0 saturated carbocycles. The molecule has 5 nitrogen and oxygen atoms in total. The lowest BCUT2D eigenvalue weighted by Gasteiger charge is -2.08. The highest BCUT2D eigenvalue weighted by Crippen LogP contribution is 2.28. The summed E-state index contributed by atoms with van der Waals surface area (Å²) in [5, 5.41) is 17.9. The van der Waals surface area contributed by atoms with E-state index in [1.807, 2.05) is 13.0 Å². The van der Waals surface area contributed by atoms with Gasteiger partial charge in [0.2, 0.25) is 0 Å². The van der Waals surface area contributed by atoms with Gasteiger partial charge in [0, 0.05) is 5.56 Å². The number of phenolic OH excluding ortho intramolecular Hbond substituents is 1. The van der Waals surface area contributed by atoms with Gasteiger partial charge in [-0.3, -0.25) is 0 Å². The Morgan fingerprint density at radius 1 is 0.955 bits per heavy atom. The number of rotatable bonds is 2. The predicted octanol–water partition coefficient (Wildman–Crippen LogP) is 3.15. The molecule has 0 aliphatic rings. The average Bonchev–Trinajstić information content (AvgIpc) is 2.84. The standard InChI is InChI=1S/C17H18N4O/c1-10-4-5-13(8-11(10)2)16-17(18)21(20-19-16)15-7-6-14(22)9-12(15)3/h4-9,22H,18H2,1-3H3. The van der Waals surface area contributed by atoms with Crippen LogP contribution < -0.4 is 5.73 Å². The molecule has 0 amide bonds. The molecule has 0 aliphatic heterocycles. The fraction of sp³-hybridized carbons (Fsp3) is 0.176. The third-order valence-corrected chi connectivity index (χ3v) is 3.89. The molecule has 1 aromatic heterocycles. The van der Waals surface area contributed by atoms with E-state index in [1.165, 1.54) is 11.1 Å². The number of phenols is 1. The first-order valence-electron chi connectivity index (χ1n) is 7.06. The maximum atomic E-state index is 9.52. The number of aromatic nitrogens is 3. The number of aryl methyl sites for hydroxylation is 3. The largest absolute Gasteiger partial charge is 0.508 e. The molecule has 3 rings (SSSR count). The summed E-state index contributed by atoms with van der Waals surface area (Å²) in [6.07, 6.45) is 0. The van der Waals surface area contributed by atoms with Crippen molar-refractivity contribution in [3.63, 3.8) is 0 Å². The van der Waals surface area contributed by atoms with Crippen LogP contribution in [0.4, 0.5) is 5.82 Å². The van der Waals surface area contributed by atoms with E-state index in [1.54, 1.807) is 22.9 Å². The Labute approximate surface area is 129 Å². The molecule has 0 unspecified atom stereocenters. The van der Waals surface area contributed by atoms with Crippen molar-refractivity contribution in [2.75, 3.05) is 5.73 Å². The average molecular weight is 294 g/mol. The minimum atomic E-state index is 0.217. The van der Waals surface area contributed by atoms with Crippen molar-refractivity contribution in [3.8, 4) is 22.7 Å². The zero-order chi connectivity index (χ0) is 15.9. The van der Waals surface area contributed by atoms with E-state index in [9.17, 15) is 5.11 Å². The molecular formula is C17H18N4O. The molecule has 1 heterocycles. The van der Waals surface area contributed by atoms with Crippen molar-refractivity contribution in [1.29, 1.82) is 0 Å². The van der Waals surface area contributed by atoms with Gasteiger partial charge in [-0.2, -0.15) is 4.68 Å². The van der Waals surface area contributed by atoms with Crippen LogP contribution >= 0.6 is 0 Å². The van der Waals surface area contributed by atoms with Gasteiger partial charge in [0.15, 0.2) is 5.82 Å². The molecule has 3 N–H and O–H groups in total. The molecule has 112 valence electrons. The first kappa shape index (κ1) is 14.1. The van der Waals surface area contributed by atoms with Gasteiger partial charge in [0.25, 0.3) is 0 Å². The molecular weight excluding hydrogens is 276 g/mol. The summed E-state index contributed by atoms with van der Waals surface area (Å²) in [6, 6.07) is 11.2. The van der Waals surface area contributed by atoms with E-state index in [-0.39, 0.29) is 5.75 Å². The van der Waals surface area contributed by atoms with Gasteiger partial charge in [-0.15, -0.1) is 5.10 Å². The molecule has 22 heavy (non-hydrogen) atoms. The van der Waals surface area contributed by atoms with Crippen molar-refractivity contribution in [3.05, 3.63) is 53.1 Å². The summed E-state index contributed by atoms with van der Waals surface area (Å²) in [4.78, 5) is 0. The SMILES string of the molecule is Cc1ccc(-c2nnn(-c3ccc(O)cc3C)c2N)cc1C. The quantitative estimate of drug-likeness (QED) is 0.761. The zero-order valence-corrected chi connectivity index (χ0v) is 12.8. The first-order chi connectivity index (χ1) is 10.5. The van der Waals surface area contributed by atoms with Crippen molar-refractivity contribution >= 4 is 5.82 Å². The molecule has 0 saturated heterocycles. The number of nitrogens with zero attached hydrogens (tertiary/aromatic N) is 3. The first-order valence-corrected chi connectivity index (χ1v) is 7.06. The monoisotopic (exact) mass is 294 g/mol. The number of nitrogen functional groups attached to an aromatic ring is 1. The van der Waals surface area contributed by atoms with Crippen molar-refractivity contribution in [2.24, 2.45) is 0 Å². The van der Waals surface area contributed by atoms with Crippen LogP contribution in [0.5, 0.6) is 5.75 Å². The predicted molar refractivity (Wildman–Crippen MR) is 87.1 cm³/mol. The van der Waals surface area contributed by atoms with Crippen molar-refractivity contribution in [1.82, 2.24) is 15.0 Å². The molecule has 0 atom stereocenters. The second kappa shape index (κ2) is 5.18. The molecule has 0 bridgehead atoms. The van der Waals surface area contributed by atoms with E-state index in [0.29, 0.717) is 11.5 Å². The molecule has 0 spiro atoms. The van der Waals surface area contributed by atoms with Gasteiger partial charge >= 0.3 is 0 Å². The third-order valence-electron chi connectivity index (χ3n) is 3.89. The Kier molecular flexibility index (Phi) is 3.33. The van der Waals surface area contributed by atoms with Crippen LogP contribution in [0.25, 0.3) is 16.9 Å². The topological polar surface area (TPSA) is 77.0 Å². The Hall–Kier alpha value is -2.82. The highest BCUT2D eigenvalue weighted by molar-refractivity contribution is 5.72. The maximum Gasteiger partial charge on any atom is 0.155 e. The van der Waals surface area contributed by atoms with Crippen LogP contribution in [-0.2, 0) is 0 Å². The molecule has 0 fully saturated rings. The Morgan fingerprint density at radius 3 is 2.41 bits per heavy atom. The number of benzene rings is 2. The lowest BCUT2D eigenvalue weighted by atomic mass is 10.0. The van der Waals surface area contributed by atoms with Gasteiger partial charge in [-0.1, -0.05) is 17.3 Å². The zero-order valence-electron chi connectivity index (χ0n) is 12.8. The maximum absolute atomic E-state index is 9.52. The lowest BCUT2D eigenvalue weighted by molar-refractivity contribution is 0.474. The number of hydrogen-bond acceptors (Lipinski definition) is 4. The number of nitrogens with two attached hydrogens (primary N) is 1. The van der Waals surface area contributed by atoms with Gasteiger partial charge in [-0.05, 0) is 61.7 Å². The van der Waals surface area contributed by atoms with E-state index in [2.05, 4.69) is 36.3 Å². The van der Waals surface area contributed by atoms with Crippen LogP contribution in [0.2, 0.25) is 0 Å². The summed E-state index contributed by atoms with van der Waals surface area (Å²) < 4.78 is 1.60. The summed E-state index contributed by atoms with van der Waals surface area (Å²) in [5.41, 5.74) is 11.9. The Balaban J connectivity index is 2.10. The van der Waals surface area contributed by atoms with Gasteiger partial charge in [-0.25, -0.2) is 0 Å². The lowest BCUT2D eigenvalue weighted by Crippen LogP contribution is -2.04. The molecule has 2 aromatic carbocycles. The van der Waals surface area contributed by atoms with Crippen LogP contribution in [0, 0.1) is 20.8 Å². The van der Waals surface area contributed by atoms with E-state index >= 15 is 0 Å². The number of aromatic hydroxyl groups is 1. The van der Waals surface area contributed by atoms with Crippen molar-refractivity contribution in [2.45, 2.75) is 20.8 Å².